The number of likely N-dealkylation sites (tertiary alicyclic amines) is 1. The van der Waals surface area contributed by atoms with Crippen molar-refractivity contribution in [2.45, 2.75) is 38.6 Å². The molecule has 2 amide bonds. The first-order valence-electron chi connectivity index (χ1n) is 10.5. The maximum absolute atomic E-state index is 12.8. The molecule has 6 nitrogen and oxygen atoms in total. The van der Waals surface area contributed by atoms with Crippen LogP contribution in [0.5, 0.6) is 5.75 Å². The van der Waals surface area contributed by atoms with Gasteiger partial charge in [0.15, 0.2) is 0 Å². The Morgan fingerprint density at radius 2 is 1.93 bits per heavy atom. The summed E-state index contributed by atoms with van der Waals surface area (Å²) in [4.78, 5) is 28.0. The van der Waals surface area contributed by atoms with Gasteiger partial charge < -0.3 is 20.3 Å². The molecule has 2 N–H and O–H groups in total. The summed E-state index contributed by atoms with van der Waals surface area (Å²) in [7, 11) is 1.54. The number of rotatable bonds is 11. The Bertz CT molecular complexity index is 650. The number of carbonyl (C=O) groups is 2. The number of nitrogens with zero attached hydrogens (tertiary/aromatic N) is 1. The molecule has 0 aliphatic carbocycles. The molecule has 1 aliphatic rings. The van der Waals surface area contributed by atoms with E-state index >= 15 is 0 Å². The summed E-state index contributed by atoms with van der Waals surface area (Å²) in [6.45, 7) is 6.10. The fraction of sp³-hybridized carbons (Fsp3) is 0.636. The third-order valence-corrected chi connectivity index (χ3v) is 5.87. The van der Waals surface area contributed by atoms with Gasteiger partial charge in [-0.3, -0.25) is 9.59 Å². The van der Waals surface area contributed by atoms with Gasteiger partial charge in [-0.2, -0.15) is 11.8 Å². The molecule has 7 heteroatoms. The van der Waals surface area contributed by atoms with Gasteiger partial charge in [0.25, 0.3) is 5.91 Å². The Morgan fingerprint density at radius 3 is 2.62 bits per heavy atom. The van der Waals surface area contributed by atoms with Crippen molar-refractivity contribution in [3.8, 4) is 5.75 Å². The fourth-order valence-corrected chi connectivity index (χ4v) is 4.09. The average molecular weight is 422 g/mol. The summed E-state index contributed by atoms with van der Waals surface area (Å²) >= 11 is 1.66. The van der Waals surface area contributed by atoms with Gasteiger partial charge in [0.1, 0.15) is 11.8 Å². The molecule has 1 saturated heterocycles. The molecule has 0 saturated carbocycles. The molecule has 0 aromatic heterocycles. The molecular weight excluding hydrogens is 386 g/mol. The van der Waals surface area contributed by atoms with Crippen molar-refractivity contribution in [2.24, 2.45) is 5.92 Å². The fourth-order valence-electron chi connectivity index (χ4n) is 3.62. The van der Waals surface area contributed by atoms with Crippen LogP contribution >= 0.6 is 11.8 Å². The molecule has 1 aromatic rings. The van der Waals surface area contributed by atoms with Crippen LogP contribution < -0.4 is 15.4 Å². The van der Waals surface area contributed by atoms with Crippen LogP contribution in [0.25, 0.3) is 0 Å². The molecule has 1 heterocycles. The van der Waals surface area contributed by atoms with Gasteiger partial charge in [0.05, 0.1) is 12.7 Å². The summed E-state index contributed by atoms with van der Waals surface area (Å²) in [5, 5.41) is 5.94. The minimum absolute atomic E-state index is 0.118. The minimum Gasteiger partial charge on any atom is -0.496 e. The van der Waals surface area contributed by atoms with E-state index in [0.29, 0.717) is 30.2 Å². The first kappa shape index (κ1) is 23.5. The predicted octanol–water partition coefficient (Wildman–Crippen LogP) is 2.78. The van der Waals surface area contributed by atoms with Gasteiger partial charge in [0, 0.05) is 13.1 Å². The lowest BCUT2D eigenvalue weighted by Crippen LogP contribution is -2.48. The predicted molar refractivity (Wildman–Crippen MR) is 120 cm³/mol. The number of para-hydroxylation sites is 1. The molecular formula is C22H35N3O3S. The van der Waals surface area contributed by atoms with E-state index in [-0.39, 0.29) is 11.8 Å². The number of hydrogen-bond acceptors (Lipinski definition) is 5. The molecule has 2 rings (SSSR count). The van der Waals surface area contributed by atoms with Crippen molar-refractivity contribution in [1.82, 2.24) is 15.5 Å². The summed E-state index contributed by atoms with van der Waals surface area (Å²) in [5.41, 5.74) is 0.440. The number of amides is 2. The van der Waals surface area contributed by atoms with E-state index < -0.39 is 6.04 Å². The zero-order valence-corrected chi connectivity index (χ0v) is 18.7. The Morgan fingerprint density at radius 1 is 1.21 bits per heavy atom. The highest BCUT2D eigenvalue weighted by molar-refractivity contribution is 7.98. The Balaban J connectivity index is 1.90. The van der Waals surface area contributed by atoms with E-state index in [1.807, 2.05) is 12.3 Å². The van der Waals surface area contributed by atoms with Crippen molar-refractivity contribution in [2.75, 3.05) is 45.3 Å². The van der Waals surface area contributed by atoms with E-state index in [4.69, 9.17) is 4.74 Å². The maximum Gasteiger partial charge on any atom is 0.255 e. The summed E-state index contributed by atoms with van der Waals surface area (Å²) < 4.78 is 5.27. The lowest BCUT2D eigenvalue weighted by Gasteiger charge is -2.29. The number of hydrogen-bond donors (Lipinski definition) is 2. The number of carbonyl (C=O) groups excluding carboxylic acids is 2. The van der Waals surface area contributed by atoms with Crippen LogP contribution in [-0.4, -0.2) is 68.1 Å². The number of ether oxygens (including phenoxy) is 1. The van der Waals surface area contributed by atoms with Crippen LogP contribution in [-0.2, 0) is 4.79 Å². The molecule has 1 aromatic carbocycles. The van der Waals surface area contributed by atoms with Crippen LogP contribution in [0.15, 0.2) is 24.3 Å². The van der Waals surface area contributed by atoms with Gasteiger partial charge in [-0.25, -0.2) is 0 Å². The van der Waals surface area contributed by atoms with E-state index in [1.165, 1.54) is 26.4 Å². The molecule has 1 aliphatic heterocycles. The molecule has 2 atom stereocenters. The normalized spacial score (nSPS) is 16.7. The summed E-state index contributed by atoms with van der Waals surface area (Å²) in [5.74, 6) is 1.28. The maximum atomic E-state index is 12.8. The number of piperidine rings is 1. The van der Waals surface area contributed by atoms with Crippen LogP contribution in [0.2, 0.25) is 0 Å². The Hall–Kier alpha value is -1.73. The van der Waals surface area contributed by atoms with Crippen molar-refractivity contribution >= 4 is 23.6 Å². The quantitative estimate of drug-likeness (QED) is 0.575. The second-order valence-electron chi connectivity index (χ2n) is 7.72. The van der Waals surface area contributed by atoms with Gasteiger partial charge in [-0.1, -0.05) is 25.5 Å². The number of nitrogens with one attached hydrogen (secondary N) is 2. The van der Waals surface area contributed by atoms with E-state index in [0.717, 1.165) is 25.4 Å². The van der Waals surface area contributed by atoms with E-state index in [2.05, 4.69) is 22.5 Å². The largest absolute Gasteiger partial charge is 0.496 e. The molecule has 162 valence electrons. The second kappa shape index (κ2) is 12.8. The molecule has 2 unspecified atom stereocenters. The van der Waals surface area contributed by atoms with Gasteiger partial charge >= 0.3 is 0 Å². The van der Waals surface area contributed by atoms with Gasteiger partial charge in [-0.15, -0.1) is 0 Å². The second-order valence-corrected chi connectivity index (χ2v) is 8.70. The molecule has 0 bridgehead atoms. The number of thioether (sulfide) groups is 1. The van der Waals surface area contributed by atoms with Crippen molar-refractivity contribution in [3.05, 3.63) is 29.8 Å². The van der Waals surface area contributed by atoms with Crippen molar-refractivity contribution < 1.29 is 14.3 Å². The highest BCUT2D eigenvalue weighted by Crippen LogP contribution is 2.17. The first-order chi connectivity index (χ1) is 14.0. The standard InChI is InChI=1S/C22H35N3O3S/c1-17(16-25-12-7-4-8-13-25)15-23-22(27)19(11-14-29-3)24-21(26)18-9-5-6-10-20(18)28-2/h5-6,9-10,17,19H,4,7-8,11-16H2,1-3H3,(H,23,27)(H,24,26). The highest BCUT2D eigenvalue weighted by Gasteiger charge is 2.23. The van der Waals surface area contributed by atoms with Crippen LogP contribution in [0.4, 0.5) is 0 Å². The number of benzene rings is 1. The average Bonchev–Trinajstić information content (AvgIpc) is 2.75. The molecule has 0 radical (unpaired) electrons. The smallest absolute Gasteiger partial charge is 0.255 e. The lowest BCUT2D eigenvalue weighted by atomic mass is 10.1. The Labute approximate surface area is 179 Å². The number of methoxy groups -OCH3 is 1. The van der Waals surface area contributed by atoms with Crippen molar-refractivity contribution in [3.63, 3.8) is 0 Å². The third kappa shape index (κ3) is 7.90. The zero-order chi connectivity index (χ0) is 21.1. The van der Waals surface area contributed by atoms with Crippen LogP contribution in [0.3, 0.4) is 0 Å². The zero-order valence-electron chi connectivity index (χ0n) is 17.9. The third-order valence-electron chi connectivity index (χ3n) is 5.23. The molecule has 0 spiro atoms. The topological polar surface area (TPSA) is 70.7 Å². The highest BCUT2D eigenvalue weighted by atomic mass is 32.2. The van der Waals surface area contributed by atoms with Crippen LogP contribution in [0, 0.1) is 5.92 Å². The monoisotopic (exact) mass is 421 g/mol. The minimum atomic E-state index is -0.554. The van der Waals surface area contributed by atoms with Crippen LogP contribution in [0.1, 0.15) is 43.0 Å². The SMILES string of the molecule is COc1ccccc1C(=O)NC(CCSC)C(=O)NCC(C)CN1CCCCC1. The lowest BCUT2D eigenvalue weighted by molar-refractivity contribution is -0.123. The molecule has 29 heavy (non-hydrogen) atoms. The van der Waals surface area contributed by atoms with E-state index in [1.54, 1.807) is 30.0 Å². The van der Waals surface area contributed by atoms with Gasteiger partial charge in [0.2, 0.25) is 5.91 Å². The van der Waals surface area contributed by atoms with Gasteiger partial charge in [-0.05, 0) is 62.4 Å². The van der Waals surface area contributed by atoms with Crippen molar-refractivity contribution in [1.29, 1.82) is 0 Å². The van der Waals surface area contributed by atoms with E-state index in [9.17, 15) is 9.59 Å². The molecule has 1 fully saturated rings. The summed E-state index contributed by atoms with van der Waals surface area (Å²) in [6, 6.07) is 6.50. The first-order valence-corrected chi connectivity index (χ1v) is 11.9. The summed E-state index contributed by atoms with van der Waals surface area (Å²) in [6.07, 6.45) is 6.45. The Kier molecular flexibility index (Phi) is 10.4.